The Balaban J connectivity index is 0.00000210. The van der Waals surface area contributed by atoms with Crippen molar-refractivity contribution < 1.29 is 9.53 Å². The normalized spacial score (nSPS) is 26.7. The van der Waals surface area contributed by atoms with Crippen molar-refractivity contribution in [2.45, 2.75) is 38.6 Å². The van der Waals surface area contributed by atoms with E-state index in [1.54, 1.807) is 0 Å². The van der Waals surface area contributed by atoms with Crippen molar-refractivity contribution in [1.29, 1.82) is 5.26 Å². The van der Waals surface area contributed by atoms with Crippen LogP contribution in [0.25, 0.3) is 0 Å². The summed E-state index contributed by atoms with van der Waals surface area (Å²) in [5.74, 6) is 1.81. The predicted octanol–water partition coefficient (Wildman–Crippen LogP) is 1.86. The molecule has 27 heavy (non-hydrogen) atoms. The molecule has 8 heteroatoms. The molecule has 3 aliphatic rings. The van der Waals surface area contributed by atoms with Gasteiger partial charge in [0.05, 0.1) is 17.8 Å². The molecule has 2 aliphatic heterocycles. The van der Waals surface area contributed by atoms with Gasteiger partial charge in [0.25, 0.3) is 0 Å². The van der Waals surface area contributed by atoms with Crippen molar-refractivity contribution in [1.82, 2.24) is 15.5 Å². The molecule has 2 saturated heterocycles. The van der Waals surface area contributed by atoms with Gasteiger partial charge >= 0.3 is 0 Å². The summed E-state index contributed by atoms with van der Waals surface area (Å²) >= 11 is 0. The fraction of sp³-hybridized carbons (Fsp3) is 0.684. The summed E-state index contributed by atoms with van der Waals surface area (Å²) in [7, 11) is 0. The highest BCUT2D eigenvalue weighted by Crippen LogP contribution is 2.42. The van der Waals surface area contributed by atoms with Gasteiger partial charge in [-0.1, -0.05) is 0 Å². The van der Waals surface area contributed by atoms with Crippen LogP contribution in [-0.2, 0) is 9.53 Å². The maximum absolute atomic E-state index is 12.9. The molecule has 0 spiro atoms. The Labute approximate surface area is 165 Å². The fourth-order valence-corrected chi connectivity index (χ4v) is 4.15. The number of amides is 1. The molecule has 1 amide bonds. The van der Waals surface area contributed by atoms with Crippen LogP contribution in [0.2, 0.25) is 0 Å². The smallest absolute Gasteiger partial charge is 0.240 e. The summed E-state index contributed by atoms with van der Waals surface area (Å²) in [6.07, 6.45) is 3.40. The zero-order chi connectivity index (χ0) is 18.1. The van der Waals surface area contributed by atoms with E-state index in [9.17, 15) is 10.1 Å². The zero-order valence-corrected chi connectivity index (χ0v) is 16.4. The Morgan fingerprint density at radius 1 is 1.30 bits per heavy atom. The van der Waals surface area contributed by atoms with Gasteiger partial charge in [-0.05, 0) is 50.7 Å². The molecule has 0 unspecified atom stereocenters. The fourth-order valence-electron chi connectivity index (χ4n) is 4.15. The minimum absolute atomic E-state index is 0. The Morgan fingerprint density at radius 3 is 2.63 bits per heavy atom. The number of hydrogen-bond acceptors (Lipinski definition) is 6. The van der Waals surface area contributed by atoms with Crippen molar-refractivity contribution in [2.24, 2.45) is 17.3 Å². The monoisotopic (exact) mass is 391 g/mol. The highest BCUT2D eigenvalue weighted by molar-refractivity contribution is 5.86. The number of anilines is 1. The van der Waals surface area contributed by atoms with Crippen molar-refractivity contribution in [3.63, 3.8) is 0 Å². The highest BCUT2D eigenvalue weighted by Gasteiger charge is 2.47. The minimum atomic E-state index is -0.941. The lowest BCUT2D eigenvalue weighted by atomic mass is 9.80. The summed E-state index contributed by atoms with van der Waals surface area (Å²) in [6, 6.07) is 6.29. The van der Waals surface area contributed by atoms with E-state index in [-0.39, 0.29) is 24.4 Å². The number of nitrogens with one attached hydrogen (secondary N) is 1. The van der Waals surface area contributed by atoms with E-state index in [2.05, 4.69) is 26.5 Å². The lowest BCUT2D eigenvalue weighted by Crippen LogP contribution is -2.50. The molecule has 3 fully saturated rings. The van der Waals surface area contributed by atoms with E-state index in [1.165, 1.54) is 12.8 Å². The largest absolute Gasteiger partial charge is 0.381 e. The van der Waals surface area contributed by atoms with Crippen molar-refractivity contribution in [3.05, 3.63) is 17.8 Å². The van der Waals surface area contributed by atoms with Gasteiger partial charge in [-0.3, -0.25) is 4.79 Å². The third-order valence-electron chi connectivity index (χ3n) is 6.01. The topological polar surface area (TPSA) is 91.1 Å². The van der Waals surface area contributed by atoms with Gasteiger partial charge in [-0.25, -0.2) is 0 Å². The van der Waals surface area contributed by atoms with Crippen LogP contribution >= 0.6 is 12.4 Å². The first-order chi connectivity index (χ1) is 12.6. The number of ether oxygens (including phenoxy) is 1. The number of aryl methyl sites for hydroxylation is 1. The van der Waals surface area contributed by atoms with Crippen molar-refractivity contribution >= 4 is 24.1 Å². The van der Waals surface area contributed by atoms with E-state index in [0.29, 0.717) is 37.9 Å². The average molecular weight is 392 g/mol. The van der Waals surface area contributed by atoms with E-state index >= 15 is 0 Å². The number of carbonyl (C=O) groups is 1. The Kier molecular flexibility index (Phi) is 5.87. The van der Waals surface area contributed by atoms with Crippen LogP contribution in [0.3, 0.4) is 0 Å². The number of nitriles is 1. The van der Waals surface area contributed by atoms with Gasteiger partial charge < -0.3 is 15.0 Å². The summed E-state index contributed by atoms with van der Waals surface area (Å²) in [4.78, 5) is 15.2. The van der Waals surface area contributed by atoms with E-state index in [0.717, 1.165) is 24.6 Å². The van der Waals surface area contributed by atoms with Gasteiger partial charge in [-0.2, -0.15) is 10.4 Å². The van der Waals surface area contributed by atoms with E-state index in [1.807, 2.05) is 19.1 Å². The molecule has 1 aromatic rings. The second-order valence-corrected chi connectivity index (χ2v) is 7.83. The Hall–Kier alpha value is -1.91. The van der Waals surface area contributed by atoms with Gasteiger partial charge in [0.1, 0.15) is 5.41 Å². The highest BCUT2D eigenvalue weighted by atomic mass is 35.5. The summed E-state index contributed by atoms with van der Waals surface area (Å²) in [6.45, 7) is 4.48. The van der Waals surface area contributed by atoms with E-state index in [4.69, 9.17) is 4.74 Å². The standard InChI is InChI=1S/C19H25N5O2.ClH/c1-13-2-5-17(23-22-13)24-10-15(14-3-4-14)16(11-24)21-18(25)19(12-20)6-8-26-9-7-19;/h2,5,14-16H,3-4,6-11H2,1H3,(H,21,25);1H/t15-,16+;/m1./s1. The Morgan fingerprint density at radius 2 is 2.04 bits per heavy atom. The van der Waals surface area contributed by atoms with Gasteiger partial charge in [0.15, 0.2) is 5.82 Å². The SMILES string of the molecule is Cc1ccc(N2C[C@H](NC(=O)C3(C#N)CCOCC3)[C@@H](C3CC3)C2)nn1.Cl. The summed E-state index contributed by atoms with van der Waals surface area (Å²) in [5, 5.41) is 21.3. The average Bonchev–Trinajstić information content (AvgIpc) is 3.43. The first-order valence-corrected chi connectivity index (χ1v) is 9.46. The molecule has 1 aliphatic carbocycles. The van der Waals surface area contributed by atoms with Crippen LogP contribution < -0.4 is 10.2 Å². The second-order valence-electron chi connectivity index (χ2n) is 7.83. The molecule has 3 heterocycles. The molecule has 7 nitrogen and oxygen atoms in total. The van der Waals surface area contributed by atoms with Crippen LogP contribution in [-0.4, -0.2) is 48.4 Å². The number of nitrogens with zero attached hydrogens (tertiary/aromatic N) is 4. The maximum atomic E-state index is 12.9. The van der Waals surface area contributed by atoms with Crippen LogP contribution in [0.15, 0.2) is 12.1 Å². The van der Waals surface area contributed by atoms with Gasteiger partial charge in [-0.15, -0.1) is 17.5 Å². The number of halogens is 1. The van der Waals surface area contributed by atoms with Crippen molar-refractivity contribution in [2.75, 3.05) is 31.2 Å². The molecule has 1 N–H and O–H groups in total. The summed E-state index contributed by atoms with van der Waals surface area (Å²) in [5.41, 5.74) is -0.0456. The number of carbonyl (C=O) groups excluding carboxylic acids is 1. The Bertz CT molecular complexity index is 710. The van der Waals surface area contributed by atoms with Crippen LogP contribution in [0.1, 0.15) is 31.4 Å². The quantitative estimate of drug-likeness (QED) is 0.842. The maximum Gasteiger partial charge on any atom is 0.240 e. The molecule has 1 aromatic heterocycles. The predicted molar refractivity (Wildman–Crippen MR) is 102 cm³/mol. The first-order valence-electron chi connectivity index (χ1n) is 9.46. The molecule has 0 bridgehead atoms. The number of rotatable bonds is 4. The molecule has 146 valence electrons. The molecular formula is C19H26ClN5O2. The molecule has 4 rings (SSSR count). The third kappa shape index (κ3) is 4.02. The van der Waals surface area contributed by atoms with E-state index < -0.39 is 5.41 Å². The molecule has 2 atom stereocenters. The summed E-state index contributed by atoms with van der Waals surface area (Å²) < 4.78 is 5.35. The number of hydrogen-bond donors (Lipinski definition) is 1. The van der Waals surface area contributed by atoms with Gasteiger partial charge in [0.2, 0.25) is 5.91 Å². The number of aromatic nitrogens is 2. The first kappa shape index (κ1) is 19.8. The molecule has 0 aromatic carbocycles. The van der Waals surface area contributed by atoms with Crippen LogP contribution in [0.5, 0.6) is 0 Å². The van der Waals surface area contributed by atoms with Gasteiger partial charge in [0, 0.05) is 32.2 Å². The lowest BCUT2D eigenvalue weighted by Gasteiger charge is -2.31. The van der Waals surface area contributed by atoms with Crippen LogP contribution in [0, 0.1) is 35.5 Å². The zero-order valence-electron chi connectivity index (χ0n) is 15.6. The van der Waals surface area contributed by atoms with Crippen molar-refractivity contribution in [3.8, 4) is 6.07 Å². The minimum Gasteiger partial charge on any atom is -0.381 e. The third-order valence-corrected chi connectivity index (χ3v) is 6.01. The lowest BCUT2D eigenvalue weighted by molar-refractivity contribution is -0.133. The molecule has 1 saturated carbocycles. The molecule has 0 radical (unpaired) electrons. The van der Waals surface area contributed by atoms with Crippen LogP contribution in [0.4, 0.5) is 5.82 Å². The second kappa shape index (κ2) is 7.99. The molecular weight excluding hydrogens is 366 g/mol.